The first kappa shape index (κ1) is 14.1. The summed E-state index contributed by atoms with van der Waals surface area (Å²) in [4.78, 5) is 9.02. The Morgan fingerprint density at radius 3 is 2.57 bits per heavy atom. The van der Waals surface area contributed by atoms with Gasteiger partial charge in [0, 0.05) is 33.2 Å². The van der Waals surface area contributed by atoms with Gasteiger partial charge in [-0.3, -0.25) is 4.68 Å². The zero-order chi connectivity index (χ0) is 14.8. The van der Waals surface area contributed by atoms with Gasteiger partial charge in [0.05, 0.1) is 11.9 Å². The summed E-state index contributed by atoms with van der Waals surface area (Å²) in [6.07, 6.45) is 1.80. The van der Waals surface area contributed by atoms with E-state index in [4.69, 9.17) is 11.6 Å². The SMILES string of the molecule is CN1CCN(c2ccc(Cl)nc2Nc2cn(C)nn2)CC1. The lowest BCUT2D eigenvalue weighted by Gasteiger charge is -2.34. The molecular weight excluding hydrogens is 290 g/mol. The lowest BCUT2D eigenvalue weighted by atomic mass is 10.2. The average Bonchev–Trinajstić information content (AvgIpc) is 2.86. The Morgan fingerprint density at radius 1 is 1.14 bits per heavy atom. The predicted octanol–water partition coefficient (Wildman–Crippen LogP) is 1.36. The van der Waals surface area contributed by atoms with Crippen LogP contribution in [-0.2, 0) is 7.05 Å². The molecule has 1 fully saturated rings. The van der Waals surface area contributed by atoms with E-state index in [0.717, 1.165) is 31.9 Å². The molecule has 0 bridgehead atoms. The van der Waals surface area contributed by atoms with Gasteiger partial charge < -0.3 is 15.1 Å². The van der Waals surface area contributed by atoms with Crippen molar-refractivity contribution >= 4 is 28.9 Å². The van der Waals surface area contributed by atoms with E-state index in [1.165, 1.54) is 0 Å². The van der Waals surface area contributed by atoms with Crippen LogP contribution in [-0.4, -0.2) is 58.1 Å². The molecule has 2 aromatic heterocycles. The van der Waals surface area contributed by atoms with Gasteiger partial charge in [0.2, 0.25) is 0 Å². The van der Waals surface area contributed by atoms with Gasteiger partial charge in [0.1, 0.15) is 5.15 Å². The largest absolute Gasteiger partial charge is 0.366 e. The number of hydrogen-bond donors (Lipinski definition) is 1. The molecule has 8 heteroatoms. The van der Waals surface area contributed by atoms with Crippen LogP contribution < -0.4 is 10.2 Å². The maximum Gasteiger partial charge on any atom is 0.174 e. The molecule has 0 unspecified atom stereocenters. The summed E-state index contributed by atoms with van der Waals surface area (Å²) in [5, 5.41) is 11.6. The maximum absolute atomic E-state index is 6.03. The Hall–Kier alpha value is -1.86. The van der Waals surface area contributed by atoms with E-state index in [9.17, 15) is 0 Å². The molecule has 112 valence electrons. The first-order chi connectivity index (χ1) is 10.1. The molecule has 1 N–H and O–H groups in total. The molecule has 0 radical (unpaired) electrons. The first-order valence-electron chi connectivity index (χ1n) is 6.85. The van der Waals surface area contributed by atoms with Crippen molar-refractivity contribution in [3.63, 3.8) is 0 Å². The van der Waals surface area contributed by atoms with Crippen molar-refractivity contribution in [2.24, 2.45) is 7.05 Å². The zero-order valence-corrected chi connectivity index (χ0v) is 12.9. The molecule has 1 aliphatic heterocycles. The van der Waals surface area contributed by atoms with Crippen molar-refractivity contribution in [3.8, 4) is 0 Å². The summed E-state index contributed by atoms with van der Waals surface area (Å²) < 4.78 is 1.64. The molecule has 1 aliphatic rings. The van der Waals surface area contributed by atoms with Crippen LogP contribution >= 0.6 is 11.6 Å². The third kappa shape index (κ3) is 3.25. The van der Waals surface area contributed by atoms with E-state index in [1.807, 2.05) is 19.2 Å². The van der Waals surface area contributed by atoms with Crippen molar-refractivity contribution in [1.82, 2.24) is 24.9 Å². The Morgan fingerprint density at radius 2 is 1.90 bits per heavy atom. The summed E-state index contributed by atoms with van der Waals surface area (Å²) in [5.41, 5.74) is 1.04. The number of hydrogen-bond acceptors (Lipinski definition) is 6. The molecule has 0 saturated carbocycles. The Labute approximate surface area is 128 Å². The number of aryl methyl sites for hydroxylation is 1. The van der Waals surface area contributed by atoms with Crippen LogP contribution in [0.2, 0.25) is 5.15 Å². The topological polar surface area (TPSA) is 62.1 Å². The van der Waals surface area contributed by atoms with Gasteiger partial charge in [0.15, 0.2) is 11.6 Å². The van der Waals surface area contributed by atoms with Crippen LogP contribution in [0.15, 0.2) is 18.3 Å². The lowest BCUT2D eigenvalue weighted by Crippen LogP contribution is -2.44. The van der Waals surface area contributed by atoms with Crippen molar-refractivity contribution in [2.45, 2.75) is 0 Å². The van der Waals surface area contributed by atoms with Crippen LogP contribution in [0.5, 0.6) is 0 Å². The number of piperazine rings is 1. The lowest BCUT2D eigenvalue weighted by molar-refractivity contribution is 0.313. The van der Waals surface area contributed by atoms with Crippen LogP contribution in [0.1, 0.15) is 0 Å². The Kier molecular flexibility index (Phi) is 3.94. The highest BCUT2D eigenvalue weighted by molar-refractivity contribution is 6.29. The monoisotopic (exact) mass is 307 g/mol. The smallest absolute Gasteiger partial charge is 0.174 e. The summed E-state index contributed by atoms with van der Waals surface area (Å²) in [5.74, 6) is 1.37. The molecule has 21 heavy (non-hydrogen) atoms. The van der Waals surface area contributed by atoms with Crippen molar-refractivity contribution in [3.05, 3.63) is 23.5 Å². The Bertz CT molecular complexity index is 619. The van der Waals surface area contributed by atoms with Gasteiger partial charge in [0.25, 0.3) is 0 Å². The number of nitrogens with one attached hydrogen (secondary N) is 1. The number of nitrogens with zero attached hydrogens (tertiary/aromatic N) is 6. The minimum absolute atomic E-state index is 0.458. The van der Waals surface area contributed by atoms with Gasteiger partial charge in [-0.15, -0.1) is 5.10 Å². The van der Waals surface area contributed by atoms with E-state index < -0.39 is 0 Å². The number of pyridine rings is 1. The molecule has 0 aliphatic carbocycles. The summed E-state index contributed by atoms with van der Waals surface area (Å²) in [6, 6.07) is 3.82. The molecule has 0 aromatic carbocycles. The van der Waals surface area contributed by atoms with E-state index >= 15 is 0 Å². The minimum atomic E-state index is 0.458. The number of aromatic nitrogens is 4. The van der Waals surface area contributed by atoms with E-state index in [0.29, 0.717) is 16.8 Å². The third-order valence-electron chi connectivity index (χ3n) is 3.53. The highest BCUT2D eigenvalue weighted by atomic mass is 35.5. The van der Waals surface area contributed by atoms with Gasteiger partial charge in [-0.05, 0) is 19.2 Å². The van der Waals surface area contributed by atoms with Gasteiger partial charge >= 0.3 is 0 Å². The number of anilines is 3. The molecular formula is C13H18ClN7. The highest BCUT2D eigenvalue weighted by Crippen LogP contribution is 2.28. The predicted molar refractivity (Wildman–Crippen MR) is 83.2 cm³/mol. The standard InChI is InChI=1S/C13H18ClN7/c1-19-5-7-21(8-6-19)10-3-4-11(14)15-13(10)16-12-9-20(2)18-17-12/h3-4,9H,5-8H2,1-2H3,(H,15,16). The quantitative estimate of drug-likeness (QED) is 0.864. The summed E-state index contributed by atoms with van der Waals surface area (Å²) in [6.45, 7) is 4.00. The van der Waals surface area contributed by atoms with E-state index in [1.54, 1.807) is 10.9 Å². The third-order valence-corrected chi connectivity index (χ3v) is 3.74. The highest BCUT2D eigenvalue weighted by Gasteiger charge is 2.18. The molecule has 7 nitrogen and oxygen atoms in total. The van der Waals surface area contributed by atoms with Crippen LogP contribution in [0.3, 0.4) is 0 Å². The molecule has 0 spiro atoms. The minimum Gasteiger partial charge on any atom is -0.366 e. The number of rotatable bonds is 3. The number of halogens is 1. The van der Waals surface area contributed by atoms with Crippen molar-refractivity contribution in [1.29, 1.82) is 0 Å². The normalized spacial score (nSPS) is 16.2. The average molecular weight is 308 g/mol. The van der Waals surface area contributed by atoms with Gasteiger partial charge in [-0.1, -0.05) is 16.8 Å². The Balaban J connectivity index is 1.86. The molecule has 0 atom stereocenters. The first-order valence-corrected chi connectivity index (χ1v) is 7.23. The second kappa shape index (κ2) is 5.87. The molecule has 0 amide bonds. The fraction of sp³-hybridized carbons (Fsp3) is 0.462. The maximum atomic E-state index is 6.03. The van der Waals surface area contributed by atoms with E-state index in [-0.39, 0.29) is 0 Å². The molecule has 3 rings (SSSR count). The van der Waals surface area contributed by atoms with Crippen molar-refractivity contribution < 1.29 is 0 Å². The second-order valence-electron chi connectivity index (χ2n) is 5.19. The van der Waals surface area contributed by atoms with E-state index in [2.05, 4.69) is 37.5 Å². The molecule has 1 saturated heterocycles. The zero-order valence-electron chi connectivity index (χ0n) is 12.1. The fourth-order valence-corrected chi connectivity index (χ4v) is 2.50. The summed E-state index contributed by atoms with van der Waals surface area (Å²) in [7, 11) is 3.96. The molecule has 3 heterocycles. The summed E-state index contributed by atoms with van der Waals surface area (Å²) >= 11 is 6.03. The van der Waals surface area contributed by atoms with Crippen molar-refractivity contribution in [2.75, 3.05) is 43.4 Å². The van der Waals surface area contributed by atoms with Crippen LogP contribution in [0.4, 0.5) is 17.3 Å². The van der Waals surface area contributed by atoms with Gasteiger partial charge in [-0.25, -0.2) is 4.98 Å². The molecule has 2 aromatic rings. The van der Waals surface area contributed by atoms with Crippen LogP contribution in [0.25, 0.3) is 0 Å². The second-order valence-corrected chi connectivity index (χ2v) is 5.58. The van der Waals surface area contributed by atoms with Gasteiger partial charge in [-0.2, -0.15) is 0 Å². The number of likely N-dealkylation sites (N-methyl/N-ethyl adjacent to an activating group) is 1. The fourth-order valence-electron chi connectivity index (χ4n) is 2.35. The van der Waals surface area contributed by atoms with Crippen LogP contribution in [0, 0.1) is 0 Å².